The molecule has 0 unspecified atom stereocenters. The topological polar surface area (TPSA) is 26.3 Å². The Hall–Kier alpha value is -1.32. The molecule has 2 nitrogen and oxygen atoms in total. The molecule has 0 saturated carbocycles. The van der Waals surface area contributed by atoms with Gasteiger partial charge in [-0.25, -0.2) is 0 Å². The molecule has 2 aromatic rings. The third-order valence-electron chi connectivity index (χ3n) is 3.43. The standard InChI is InChI=1S/C16H12BrClO2/c1-9-3-2-4-12(14(9)18)15(19)13-8-11(17)7-10-5-6-20-16(10)13/h2-4,7-8H,5-6H2,1H3. The minimum atomic E-state index is -0.0989. The van der Waals surface area contributed by atoms with Gasteiger partial charge in [-0.2, -0.15) is 0 Å². The van der Waals surface area contributed by atoms with Crippen molar-refractivity contribution >= 4 is 33.3 Å². The summed E-state index contributed by atoms with van der Waals surface area (Å²) in [5.41, 5.74) is 3.04. The van der Waals surface area contributed by atoms with Crippen molar-refractivity contribution in [3.8, 4) is 5.75 Å². The summed E-state index contributed by atoms with van der Waals surface area (Å²) in [5.74, 6) is 0.592. The third kappa shape index (κ3) is 2.25. The molecule has 0 aliphatic carbocycles. The minimum absolute atomic E-state index is 0.0989. The molecule has 1 aliphatic rings. The lowest BCUT2D eigenvalue weighted by Crippen LogP contribution is -2.05. The molecular formula is C16H12BrClO2. The van der Waals surface area contributed by atoms with Crippen LogP contribution < -0.4 is 4.74 Å². The molecule has 3 rings (SSSR count). The normalized spacial score (nSPS) is 12.9. The molecule has 0 aromatic heterocycles. The van der Waals surface area contributed by atoms with Crippen LogP contribution in [0.15, 0.2) is 34.8 Å². The Morgan fingerprint density at radius 1 is 1.30 bits per heavy atom. The number of benzene rings is 2. The molecule has 0 amide bonds. The first-order chi connectivity index (χ1) is 9.58. The van der Waals surface area contributed by atoms with Crippen molar-refractivity contribution in [3.05, 3.63) is 62.1 Å². The van der Waals surface area contributed by atoms with Crippen LogP contribution >= 0.6 is 27.5 Å². The van der Waals surface area contributed by atoms with Crippen LogP contribution in [0.25, 0.3) is 0 Å². The first kappa shape index (κ1) is 13.7. The van der Waals surface area contributed by atoms with Gasteiger partial charge >= 0.3 is 0 Å². The average molecular weight is 352 g/mol. The molecule has 0 radical (unpaired) electrons. The molecule has 4 heteroatoms. The second-order valence-electron chi connectivity index (χ2n) is 4.81. The van der Waals surface area contributed by atoms with Crippen LogP contribution in [0.4, 0.5) is 0 Å². The molecule has 20 heavy (non-hydrogen) atoms. The van der Waals surface area contributed by atoms with Gasteiger partial charge in [-0.3, -0.25) is 4.79 Å². The molecule has 0 bridgehead atoms. The van der Waals surface area contributed by atoms with E-state index < -0.39 is 0 Å². The maximum absolute atomic E-state index is 12.7. The van der Waals surface area contributed by atoms with E-state index in [4.69, 9.17) is 16.3 Å². The van der Waals surface area contributed by atoms with Crippen LogP contribution in [0, 0.1) is 6.92 Å². The van der Waals surface area contributed by atoms with E-state index in [2.05, 4.69) is 15.9 Å². The van der Waals surface area contributed by atoms with Crippen molar-refractivity contribution in [1.29, 1.82) is 0 Å². The van der Waals surface area contributed by atoms with Crippen LogP contribution in [-0.2, 0) is 6.42 Å². The highest BCUT2D eigenvalue weighted by atomic mass is 79.9. The van der Waals surface area contributed by atoms with E-state index in [1.54, 1.807) is 12.1 Å². The lowest BCUT2D eigenvalue weighted by Gasteiger charge is -2.10. The summed E-state index contributed by atoms with van der Waals surface area (Å²) >= 11 is 9.70. The summed E-state index contributed by atoms with van der Waals surface area (Å²) in [5, 5.41) is 0.504. The van der Waals surface area contributed by atoms with E-state index >= 15 is 0 Å². The van der Waals surface area contributed by atoms with Crippen LogP contribution in [0.3, 0.4) is 0 Å². The largest absolute Gasteiger partial charge is 0.492 e. The molecule has 0 saturated heterocycles. The second kappa shape index (κ2) is 5.23. The van der Waals surface area contributed by atoms with Crippen molar-refractivity contribution in [2.75, 3.05) is 6.61 Å². The fourth-order valence-electron chi connectivity index (χ4n) is 2.41. The molecule has 1 aliphatic heterocycles. The number of ether oxygens (including phenoxy) is 1. The smallest absolute Gasteiger partial charge is 0.198 e. The van der Waals surface area contributed by atoms with Gasteiger partial charge in [0.1, 0.15) is 5.75 Å². The molecular weight excluding hydrogens is 340 g/mol. The van der Waals surface area contributed by atoms with Crippen LogP contribution in [0.1, 0.15) is 27.0 Å². The number of hydrogen-bond donors (Lipinski definition) is 0. The van der Waals surface area contributed by atoms with E-state index in [9.17, 15) is 4.79 Å². The molecule has 2 aromatic carbocycles. The van der Waals surface area contributed by atoms with Gasteiger partial charge in [0.05, 0.1) is 17.2 Å². The van der Waals surface area contributed by atoms with Gasteiger partial charge in [0.25, 0.3) is 0 Å². The Balaban J connectivity index is 2.14. The third-order valence-corrected chi connectivity index (χ3v) is 4.39. The zero-order valence-corrected chi connectivity index (χ0v) is 13.2. The number of rotatable bonds is 2. The first-order valence-corrected chi connectivity index (χ1v) is 7.50. The number of carbonyl (C=O) groups is 1. The fraction of sp³-hybridized carbons (Fsp3) is 0.188. The van der Waals surface area contributed by atoms with Gasteiger partial charge in [-0.1, -0.05) is 39.7 Å². The van der Waals surface area contributed by atoms with Gasteiger partial charge in [-0.15, -0.1) is 0 Å². The van der Waals surface area contributed by atoms with Gasteiger partial charge in [0.15, 0.2) is 5.78 Å². The number of ketones is 1. The molecule has 0 spiro atoms. The molecule has 0 fully saturated rings. The quantitative estimate of drug-likeness (QED) is 0.741. The zero-order chi connectivity index (χ0) is 14.3. The van der Waals surface area contributed by atoms with Gasteiger partial charge in [0, 0.05) is 16.5 Å². The zero-order valence-electron chi connectivity index (χ0n) is 10.9. The van der Waals surface area contributed by atoms with Crippen LogP contribution in [-0.4, -0.2) is 12.4 Å². The lowest BCUT2D eigenvalue weighted by atomic mass is 9.98. The highest BCUT2D eigenvalue weighted by Crippen LogP contribution is 2.35. The van der Waals surface area contributed by atoms with Crippen molar-refractivity contribution in [3.63, 3.8) is 0 Å². The number of halogens is 2. The Morgan fingerprint density at radius 2 is 2.10 bits per heavy atom. The van der Waals surface area contributed by atoms with Crippen molar-refractivity contribution in [2.45, 2.75) is 13.3 Å². The predicted molar refractivity (Wildman–Crippen MR) is 83.0 cm³/mol. The maximum atomic E-state index is 12.7. The Morgan fingerprint density at radius 3 is 2.90 bits per heavy atom. The molecule has 0 atom stereocenters. The van der Waals surface area contributed by atoms with E-state index in [-0.39, 0.29) is 5.78 Å². The van der Waals surface area contributed by atoms with Gasteiger partial charge in [-0.05, 0) is 36.2 Å². The van der Waals surface area contributed by atoms with Crippen molar-refractivity contribution < 1.29 is 9.53 Å². The highest BCUT2D eigenvalue weighted by molar-refractivity contribution is 9.10. The lowest BCUT2D eigenvalue weighted by molar-refractivity contribution is 0.103. The summed E-state index contributed by atoms with van der Waals surface area (Å²) in [6, 6.07) is 9.27. The monoisotopic (exact) mass is 350 g/mol. The summed E-state index contributed by atoms with van der Waals surface area (Å²) in [6.07, 6.45) is 0.830. The van der Waals surface area contributed by atoms with Crippen molar-refractivity contribution in [1.82, 2.24) is 0 Å². The Bertz CT molecular complexity index is 710. The molecule has 1 heterocycles. The first-order valence-electron chi connectivity index (χ1n) is 6.33. The predicted octanol–water partition coefficient (Wildman–Crippen LogP) is 4.58. The molecule has 102 valence electrons. The number of aryl methyl sites for hydroxylation is 1. The number of fused-ring (bicyclic) bond motifs is 1. The fourth-order valence-corrected chi connectivity index (χ4v) is 3.12. The molecule has 0 N–H and O–H groups in total. The van der Waals surface area contributed by atoms with E-state index in [0.29, 0.717) is 28.5 Å². The maximum Gasteiger partial charge on any atom is 0.198 e. The van der Waals surface area contributed by atoms with E-state index in [1.807, 2.05) is 25.1 Å². The average Bonchev–Trinajstić information content (AvgIpc) is 2.88. The van der Waals surface area contributed by atoms with E-state index in [0.717, 1.165) is 22.0 Å². The Kier molecular flexibility index (Phi) is 3.57. The highest BCUT2D eigenvalue weighted by Gasteiger charge is 2.24. The SMILES string of the molecule is Cc1cccc(C(=O)c2cc(Br)cc3c2OCC3)c1Cl. The number of carbonyl (C=O) groups excluding carboxylic acids is 1. The summed E-state index contributed by atoms with van der Waals surface area (Å²) in [7, 11) is 0. The van der Waals surface area contributed by atoms with E-state index in [1.165, 1.54) is 0 Å². The van der Waals surface area contributed by atoms with Gasteiger partial charge < -0.3 is 4.74 Å². The van der Waals surface area contributed by atoms with Crippen LogP contribution in [0.5, 0.6) is 5.75 Å². The van der Waals surface area contributed by atoms with Gasteiger partial charge in [0.2, 0.25) is 0 Å². The summed E-state index contributed by atoms with van der Waals surface area (Å²) < 4.78 is 6.50. The summed E-state index contributed by atoms with van der Waals surface area (Å²) in [4.78, 5) is 12.7. The number of hydrogen-bond acceptors (Lipinski definition) is 2. The summed E-state index contributed by atoms with van der Waals surface area (Å²) in [6.45, 7) is 2.51. The second-order valence-corrected chi connectivity index (χ2v) is 6.10. The van der Waals surface area contributed by atoms with Crippen LogP contribution in [0.2, 0.25) is 5.02 Å². The van der Waals surface area contributed by atoms with Crippen molar-refractivity contribution in [2.24, 2.45) is 0 Å². The minimum Gasteiger partial charge on any atom is -0.492 e. The Labute approximate surface area is 130 Å².